The summed E-state index contributed by atoms with van der Waals surface area (Å²) < 4.78 is 14.2. The first-order valence-electron chi connectivity index (χ1n) is 5.40. The molecule has 2 rings (SSSR count). The van der Waals surface area contributed by atoms with Crippen molar-refractivity contribution < 1.29 is 14.3 Å². The van der Waals surface area contributed by atoms with Crippen molar-refractivity contribution in [1.82, 2.24) is 0 Å². The normalized spacial score (nSPS) is 18.7. The van der Waals surface area contributed by atoms with Crippen molar-refractivity contribution in [2.45, 2.75) is 6.42 Å². The maximum atomic E-state index is 14.0. The van der Waals surface area contributed by atoms with E-state index in [1.54, 1.807) is 4.90 Å². The highest BCUT2D eigenvalue weighted by molar-refractivity contribution is 9.10. The van der Waals surface area contributed by atoms with Gasteiger partial charge >= 0.3 is 5.97 Å². The van der Waals surface area contributed by atoms with Gasteiger partial charge in [0.25, 0.3) is 0 Å². The van der Waals surface area contributed by atoms with Crippen LogP contribution in [0.3, 0.4) is 0 Å². The van der Waals surface area contributed by atoms with Gasteiger partial charge < -0.3 is 10.0 Å². The molecule has 1 N–H and O–H groups in total. The Kier molecular flexibility index (Phi) is 3.53. The van der Waals surface area contributed by atoms with E-state index in [1.807, 2.05) is 6.07 Å². The average molecular weight is 313 g/mol. The fourth-order valence-electron chi connectivity index (χ4n) is 2.05. The van der Waals surface area contributed by atoms with Gasteiger partial charge in [-0.1, -0.05) is 0 Å². The molecule has 18 heavy (non-hydrogen) atoms. The van der Waals surface area contributed by atoms with Crippen LogP contribution >= 0.6 is 15.9 Å². The second kappa shape index (κ2) is 4.94. The van der Waals surface area contributed by atoms with Gasteiger partial charge in [-0.25, -0.2) is 4.39 Å². The van der Waals surface area contributed by atoms with Crippen molar-refractivity contribution in [1.29, 1.82) is 5.26 Å². The van der Waals surface area contributed by atoms with Crippen LogP contribution in [0.2, 0.25) is 0 Å². The molecule has 94 valence electrons. The van der Waals surface area contributed by atoms with Gasteiger partial charge in [-0.05, 0) is 34.5 Å². The number of aliphatic carboxylic acids is 1. The van der Waals surface area contributed by atoms with Crippen LogP contribution < -0.4 is 4.90 Å². The fourth-order valence-corrected chi connectivity index (χ4v) is 2.47. The molecule has 1 atom stereocenters. The molecule has 1 aromatic rings. The summed E-state index contributed by atoms with van der Waals surface area (Å²) in [6.07, 6.45) is 0.506. The van der Waals surface area contributed by atoms with E-state index in [0.717, 1.165) is 0 Å². The molecular formula is C12H10BrFN2O2. The SMILES string of the molecule is N#Cc1ccc(N2CCC(C(=O)O)C2)c(F)c1Br. The molecule has 0 saturated carbocycles. The smallest absolute Gasteiger partial charge is 0.308 e. The van der Waals surface area contributed by atoms with E-state index < -0.39 is 17.7 Å². The maximum absolute atomic E-state index is 14.0. The summed E-state index contributed by atoms with van der Waals surface area (Å²) in [5.74, 6) is -1.83. The first-order valence-corrected chi connectivity index (χ1v) is 6.19. The minimum absolute atomic E-state index is 0.126. The van der Waals surface area contributed by atoms with Crippen LogP contribution in [0, 0.1) is 23.1 Å². The molecule has 1 heterocycles. The molecular weight excluding hydrogens is 303 g/mol. The third kappa shape index (κ3) is 2.18. The predicted molar refractivity (Wildman–Crippen MR) is 66.8 cm³/mol. The van der Waals surface area contributed by atoms with Gasteiger partial charge in [0.05, 0.1) is 21.6 Å². The standard InChI is InChI=1S/C12H10BrFN2O2/c13-10-7(5-15)1-2-9(11(10)14)16-4-3-8(6-16)12(17)18/h1-2,8H,3-4,6H2,(H,17,18). The van der Waals surface area contributed by atoms with Gasteiger partial charge in [0.2, 0.25) is 0 Å². The van der Waals surface area contributed by atoms with Gasteiger partial charge in [0, 0.05) is 13.1 Å². The molecule has 0 radical (unpaired) electrons. The van der Waals surface area contributed by atoms with Gasteiger partial charge in [0.1, 0.15) is 6.07 Å². The van der Waals surface area contributed by atoms with Crippen LogP contribution in [-0.4, -0.2) is 24.2 Å². The van der Waals surface area contributed by atoms with Crippen molar-refractivity contribution in [3.05, 3.63) is 28.0 Å². The van der Waals surface area contributed by atoms with Gasteiger partial charge in [-0.3, -0.25) is 4.79 Å². The number of rotatable bonds is 2. The lowest BCUT2D eigenvalue weighted by Crippen LogP contribution is -2.23. The minimum Gasteiger partial charge on any atom is -0.481 e. The lowest BCUT2D eigenvalue weighted by molar-refractivity contribution is -0.140. The number of nitrogens with zero attached hydrogens (tertiary/aromatic N) is 2. The molecule has 1 unspecified atom stereocenters. The van der Waals surface area contributed by atoms with Crippen molar-refractivity contribution in [3.63, 3.8) is 0 Å². The largest absolute Gasteiger partial charge is 0.481 e. The van der Waals surface area contributed by atoms with Gasteiger partial charge in [-0.2, -0.15) is 5.26 Å². The van der Waals surface area contributed by atoms with Crippen molar-refractivity contribution in [2.24, 2.45) is 5.92 Å². The highest BCUT2D eigenvalue weighted by Gasteiger charge is 2.30. The number of carboxylic acid groups (broad SMARTS) is 1. The molecule has 1 aliphatic heterocycles. The number of benzene rings is 1. The first kappa shape index (κ1) is 12.8. The molecule has 0 amide bonds. The zero-order valence-corrected chi connectivity index (χ0v) is 10.9. The second-order valence-corrected chi connectivity index (χ2v) is 4.93. The van der Waals surface area contributed by atoms with E-state index in [2.05, 4.69) is 15.9 Å². The third-order valence-corrected chi connectivity index (χ3v) is 3.84. The van der Waals surface area contributed by atoms with Crippen LogP contribution in [0.5, 0.6) is 0 Å². The summed E-state index contributed by atoms with van der Waals surface area (Å²) in [7, 11) is 0. The molecule has 1 fully saturated rings. The zero-order valence-electron chi connectivity index (χ0n) is 9.36. The molecule has 1 saturated heterocycles. The highest BCUT2D eigenvalue weighted by Crippen LogP contribution is 2.32. The average Bonchev–Trinajstić information content (AvgIpc) is 2.82. The van der Waals surface area contributed by atoms with Crippen LogP contribution in [0.15, 0.2) is 16.6 Å². The Morgan fingerprint density at radius 2 is 2.33 bits per heavy atom. The summed E-state index contributed by atoms with van der Waals surface area (Å²) in [5, 5.41) is 17.7. The Morgan fingerprint density at radius 3 is 2.89 bits per heavy atom. The molecule has 1 aliphatic rings. The van der Waals surface area contributed by atoms with Crippen LogP contribution in [0.4, 0.5) is 10.1 Å². The number of carboxylic acids is 1. The van der Waals surface area contributed by atoms with Gasteiger partial charge in [-0.15, -0.1) is 0 Å². The number of carbonyl (C=O) groups is 1. The Hall–Kier alpha value is -1.61. The zero-order chi connectivity index (χ0) is 13.3. The third-order valence-electron chi connectivity index (χ3n) is 3.06. The van der Waals surface area contributed by atoms with Crippen molar-refractivity contribution in [2.75, 3.05) is 18.0 Å². The predicted octanol–water partition coefficient (Wildman–Crippen LogP) is 2.37. The van der Waals surface area contributed by atoms with Crippen LogP contribution in [0.25, 0.3) is 0 Å². The monoisotopic (exact) mass is 312 g/mol. The molecule has 4 nitrogen and oxygen atoms in total. The van der Waals surface area contributed by atoms with E-state index >= 15 is 0 Å². The fraction of sp³-hybridized carbons (Fsp3) is 0.333. The Bertz CT molecular complexity index is 542. The Labute approximate surface area is 112 Å². The molecule has 0 bridgehead atoms. The van der Waals surface area contributed by atoms with E-state index in [4.69, 9.17) is 10.4 Å². The lowest BCUT2D eigenvalue weighted by Gasteiger charge is -2.19. The number of nitriles is 1. The minimum atomic E-state index is -0.856. The topological polar surface area (TPSA) is 64.3 Å². The molecule has 0 aliphatic carbocycles. The Balaban J connectivity index is 2.29. The van der Waals surface area contributed by atoms with Crippen LogP contribution in [0.1, 0.15) is 12.0 Å². The summed E-state index contributed by atoms with van der Waals surface area (Å²) in [6, 6.07) is 4.92. The quantitative estimate of drug-likeness (QED) is 0.910. The van der Waals surface area contributed by atoms with Gasteiger partial charge in [0.15, 0.2) is 5.82 Å². The lowest BCUT2D eigenvalue weighted by atomic mass is 10.1. The van der Waals surface area contributed by atoms with E-state index in [9.17, 15) is 9.18 Å². The van der Waals surface area contributed by atoms with Crippen molar-refractivity contribution in [3.8, 4) is 6.07 Å². The summed E-state index contributed by atoms with van der Waals surface area (Å²) in [5.41, 5.74) is 0.565. The second-order valence-electron chi connectivity index (χ2n) is 4.14. The summed E-state index contributed by atoms with van der Waals surface area (Å²) >= 11 is 3.04. The van der Waals surface area contributed by atoms with E-state index in [1.165, 1.54) is 12.1 Å². The number of anilines is 1. The van der Waals surface area contributed by atoms with Crippen LogP contribution in [-0.2, 0) is 4.79 Å². The highest BCUT2D eigenvalue weighted by atomic mass is 79.9. The number of hydrogen-bond acceptors (Lipinski definition) is 3. The maximum Gasteiger partial charge on any atom is 0.308 e. The van der Waals surface area contributed by atoms with Crippen molar-refractivity contribution >= 4 is 27.6 Å². The molecule has 0 aromatic heterocycles. The molecule has 0 spiro atoms. The number of hydrogen-bond donors (Lipinski definition) is 1. The molecule has 6 heteroatoms. The first-order chi connectivity index (χ1) is 8.54. The number of halogens is 2. The Morgan fingerprint density at radius 1 is 1.61 bits per heavy atom. The summed E-state index contributed by atoms with van der Waals surface area (Å²) in [6.45, 7) is 0.802. The summed E-state index contributed by atoms with van der Waals surface area (Å²) in [4.78, 5) is 12.6. The van der Waals surface area contributed by atoms with E-state index in [-0.39, 0.29) is 10.0 Å². The molecule has 1 aromatic carbocycles. The van der Waals surface area contributed by atoms with E-state index in [0.29, 0.717) is 25.2 Å².